The van der Waals surface area contributed by atoms with Crippen molar-refractivity contribution in [3.05, 3.63) is 35.7 Å². The van der Waals surface area contributed by atoms with Crippen LogP contribution >= 0.6 is 11.3 Å². The first-order valence-corrected chi connectivity index (χ1v) is 11.7. The number of aromatic nitrogens is 1. The molecule has 1 heterocycles. The maximum absolute atomic E-state index is 12.7. The molecule has 30 heavy (non-hydrogen) atoms. The first kappa shape index (κ1) is 23.7. The Morgan fingerprint density at radius 2 is 1.97 bits per heavy atom. The molecule has 0 fully saturated rings. The van der Waals surface area contributed by atoms with Gasteiger partial charge in [0.2, 0.25) is 5.91 Å². The number of alkyl carbamates (subject to hydrolysis) is 1. The van der Waals surface area contributed by atoms with E-state index in [9.17, 15) is 18.0 Å². The van der Waals surface area contributed by atoms with Crippen LogP contribution in [-0.2, 0) is 19.7 Å². The Hall–Kier alpha value is -2.54. The Balaban J connectivity index is 1.95. The highest BCUT2D eigenvalue weighted by atomic mass is 32.2. The van der Waals surface area contributed by atoms with E-state index in [4.69, 9.17) is 9.88 Å². The van der Waals surface area contributed by atoms with Crippen LogP contribution in [0.5, 0.6) is 0 Å². The number of amides is 2. The van der Waals surface area contributed by atoms with Crippen LogP contribution in [0.25, 0.3) is 11.3 Å². The summed E-state index contributed by atoms with van der Waals surface area (Å²) in [6.45, 7) is 1.97. The van der Waals surface area contributed by atoms with E-state index in [1.54, 1.807) is 6.92 Å². The number of ether oxygens (including phenoxy) is 1. The second kappa shape index (κ2) is 11.6. The molecule has 2 rings (SSSR count). The minimum Gasteiger partial charge on any atom is -0.450 e. The van der Waals surface area contributed by atoms with Crippen molar-refractivity contribution in [3.8, 4) is 11.3 Å². The molecule has 0 aliphatic rings. The molecule has 1 aromatic heterocycles. The lowest BCUT2D eigenvalue weighted by molar-refractivity contribution is -0.118. The van der Waals surface area contributed by atoms with E-state index in [2.05, 4.69) is 20.3 Å². The number of thiazole rings is 1. The number of anilines is 1. The molecule has 0 saturated carbocycles. The van der Waals surface area contributed by atoms with Gasteiger partial charge in [0.1, 0.15) is 6.04 Å². The normalized spacial score (nSPS) is 12.2. The molecule has 0 radical (unpaired) electrons. The van der Waals surface area contributed by atoms with Crippen LogP contribution < -0.4 is 20.5 Å². The van der Waals surface area contributed by atoms with Crippen molar-refractivity contribution in [3.63, 3.8) is 0 Å². The third kappa shape index (κ3) is 8.45. The Kier molecular flexibility index (Phi) is 9.17. The average Bonchev–Trinajstić information content (AvgIpc) is 3.15. The van der Waals surface area contributed by atoms with Gasteiger partial charge in [-0.05, 0) is 26.2 Å². The molecule has 0 spiro atoms. The highest BCUT2D eigenvalue weighted by Crippen LogP contribution is 2.24. The van der Waals surface area contributed by atoms with Gasteiger partial charge in [0, 0.05) is 17.5 Å². The van der Waals surface area contributed by atoms with Gasteiger partial charge in [-0.1, -0.05) is 30.3 Å². The zero-order valence-electron chi connectivity index (χ0n) is 16.5. The summed E-state index contributed by atoms with van der Waals surface area (Å²) >= 11 is 1.28. The molecular weight excluding hydrogens is 430 g/mol. The van der Waals surface area contributed by atoms with Gasteiger partial charge < -0.3 is 15.4 Å². The Morgan fingerprint density at radius 3 is 2.63 bits per heavy atom. The molecule has 2 aromatic rings. The molecule has 2 amide bonds. The summed E-state index contributed by atoms with van der Waals surface area (Å²) in [6.07, 6.45) is 0.498. The van der Waals surface area contributed by atoms with Crippen LogP contribution in [0, 0.1) is 0 Å². The predicted molar refractivity (Wildman–Crippen MR) is 115 cm³/mol. The predicted octanol–water partition coefficient (Wildman–Crippen LogP) is 1.83. The average molecular weight is 456 g/mol. The van der Waals surface area contributed by atoms with Gasteiger partial charge in [0.05, 0.1) is 12.3 Å². The van der Waals surface area contributed by atoms with Gasteiger partial charge in [-0.3, -0.25) is 4.79 Å². The van der Waals surface area contributed by atoms with Crippen molar-refractivity contribution in [2.75, 3.05) is 18.5 Å². The summed E-state index contributed by atoms with van der Waals surface area (Å²) in [4.78, 5) is 28.9. The standard InChI is InChI=1S/C18H25N5O5S2/c1-2-28-18(25)22-14(10-6-7-11-20-30(19,26)27)16(24)23-17-21-15(12-29-17)13-8-4-3-5-9-13/h3-5,8-9,12,14,20H,2,6-7,10-11H2,1H3,(H,22,25)(H2,19,26,27)(H,21,23,24)/t14-/m0/s1. The van der Waals surface area contributed by atoms with Crippen LogP contribution in [0.1, 0.15) is 26.2 Å². The molecule has 1 atom stereocenters. The number of carbonyl (C=O) groups excluding carboxylic acids is 2. The first-order valence-electron chi connectivity index (χ1n) is 9.31. The number of nitrogens with two attached hydrogens (primary N) is 1. The van der Waals surface area contributed by atoms with E-state index in [-0.39, 0.29) is 19.6 Å². The van der Waals surface area contributed by atoms with Gasteiger partial charge in [-0.2, -0.15) is 8.42 Å². The SMILES string of the molecule is CCOC(=O)N[C@@H](CCCCNS(N)(=O)=O)C(=O)Nc1nc(-c2ccccc2)cs1. The second-order valence-electron chi connectivity index (χ2n) is 6.25. The molecule has 0 aliphatic carbocycles. The largest absolute Gasteiger partial charge is 0.450 e. The Labute approximate surface area is 179 Å². The third-order valence-electron chi connectivity index (χ3n) is 3.91. The van der Waals surface area contributed by atoms with E-state index in [1.807, 2.05) is 35.7 Å². The van der Waals surface area contributed by atoms with Crippen molar-refractivity contribution in [1.82, 2.24) is 15.0 Å². The first-order chi connectivity index (χ1) is 14.3. The fourth-order valence-electron chi connectivity index (χ4n) is 2.54. The highest BCUT2D eigenvalue weighted by Gasteiger charge is 2.22. The molecular formula is C18H25N5O5S2. The van der Waals surface area contributed by atoms with Gasteiger partial charge >= 0.3 is 6.09 Å². The molecule has 164 valence electrons. The molecule has 0 unspecified atom stereocenters. The number of rotatable bonds is 11. The zero-order valence-corrected chi connectivity index (χ0v) is 18.1. The molecule has 5 N–H and O–H groups in total. The summed E-state index contributed by atoms with van der Waals surface area (Å²) in [6, 6.07) is 8.68. The van der Waals surface area contributed by atoms with Crippen molar-refractivity contribution in [2.45, 2.75) is 32.2 Å². The fraction of sp³-hybridized carbons (Fsp3) is 0.389. The number of benzene rings is 1. The summed E-state index contributed by atoms with van der Waals surface area (Å²) in [5, 5.41) is 12.3. The number of nitrogens with one attached hydrogen (secondary N) is 3. The van der Waals surface area contributed by atoms with Gasteiger partial charge in [0.15, 0.2) is 5.13 Å². The summed E-state index contributed by atoms with van der Waals surface area (Å²) in [7, 11) is -3.75. The van der Waals surface area contributed by atoms with Crippen LogP contribution in [0.3, 0.4) is 0 Å². The van der Waals surface area contributed by atoms with Gasteiger partial charge in [-0.25, -0.2) is 19.6 Å². The number of hydrogen-bond donors (Lipinski definition) is 4. The van der Waals surface area contributed by atoms with Crippen LogP contribution in [0.4, 0.5) is 9.93 Å². The zero-order chi connectivity index (χ0) is 22.0. The number of hydrogen-bond acceptors (Lipinski definition) is 7. The number of unbranched alkanes of at least 4 members (excludes halogenated alkanes) is 1. The van der Waals surface area contributed by atoms with Crippen molar-refractivity contribution in [1.29, 1.82) is 0 Å². The number of nitrogens with zero attached hydrogens (tertiary/aromatic N) is 1. The Bertz CT molecular complexity index is 933. The quantitative estimate of drug-likeness (QED) is 0.379. The summed E-state index contributed by atoms with van der Waals surface area (Å²) in [5.41, 5.74) is 1.66. The molecule has 1 aromatic carbocycles. The minimum atomic E-state index is -3.75. The Morgan fingerprint density at radius 1 is 1.23 bits per heavy atom. The summed E-state index contributed by atoms with van der Waals surface area (Å²) in [5.74, 6) is -0.434. The molecule has 0 bridgehead atoms. The van der Waals surface area contributed by atoms with E-state index < -0.39 is 28.3 Å². The lowest BCUT2D eigenvalue weighted by Gasteiger charge is -2.17. The van der Waals surface area contributed by atoms with Gasteiger partial charge in [0.25, 0.3) is 10.2 Å². The molecule has 0 aliphatic heterocycles. The lowest BCUT2D eigenvalue weighted by Crippen LogP contribution is -2.44. The van der Waals surface area contributed by atoms with Crippen LogP contribution in [0.15, 0.2) is 35.7 Å². The third-order valence-corrected chi connectivity index (χ3v) is 5.27. The van der Waals surface area contributed by atoms with E-state index >= 15 is 0 Å². The maximum Gasteiger partial charge on any atom is 0.407 e. The smallest absolute Gasteiger partial charge is 0.407 e. The highest BCUT2D eigenvalue weighted by molar-refractivity contribution is 7.87. The maximum atomic E-state index is 12.7. The monoisotopic (exact) mass is 455 g/mol. The van der Waals surface area contributed by atoms with Crippen molar-refractivity contribution < 1.29 is 22.7 Å². The van der Waals surface area contributed by atoms with Crippen molar-refractivity contribution >= 4 is 38.7 Å². The fourth-order valence-corrected chi connectivity index (χ4v) is 3.69. The molecule has 12 heteroatoms. The van der Waals surface area contributed by atoms with Crippen molar-refractivity contribution in [2.24, 2.45) is 5.14 Å². The topological polar surface area (TPSA) is 153 Å². The summed E-state index contributed by atoms with van der Waals surface area (Å²) < 4.78 is 28.8. The van der Waals surface area contributed by atoms with E-state index in [0.29, 0.717) is 18.0 Å². The lowest BCUT2D eigenvalue weighted by atomic mass is 10.1. The second-order valence-corrected chi connectivity index (χ2v) is 8.48. The molecule has 10 nitrogen and oxygen atoms in total. The van der Waals surface area contributed by atoms with E-state index in [0.717, 1.165) is 11.3 Å². The van der Waals surface area contributed by atoms with Crippen LogP contribution in [-0.4, -0.2) is 44.6 Å². The van der Waals surface area contributed by atoms with E-state index in [1.165, 1.54) is 11.3 Å². The van der Waals surface area contributed by atoms with Crippen LogP contribution in [0.2, 0.25) is 0 Å². The minimum absolute atomic E-state index is 0.138. The molecule has 0 saturated heterocycles. The van der Waals surface area contributed by atoms with Gasteiger partial charge in [-0.15, -0.1) is 11.3 Å². The number of carbonyl (C=O) groups is 2.